The molecule has 0 spiro atoms. The summed E-state index contributed by atoms with van der Waals surface area (Å²) in [4.78, 5) is 4.66. The number of hydrogen-bond donors (Lipinski definition) is 0. The van der Waals surface area contributed by atoms with E-state index in [1.165, 1.54) is 0 Å². The average molecular weight is 258 g/mol. The predicted octanol–water partition coefficient (Wildman–Crippen LogP) is 1.87. The second-order valence-corrected chi connectivity index (χ2v) is 6.16. The van der Waals surface area contributed by atoms with E-state index < -0.39 is 7.12 Å². The molecule has 3 rings (SSSR count). The number of aryl methyl sites for hydroxylation is 1. The minimum atomic E-state index is -0.399. The lowest BCUT2D eigenvalue weighted by molar-refractivity contribution is 0.00578. The van der Waals surface area contributed by atoms with Gasteiger partial charge in [-0.15, -0.1) is 0 Å². The van der Waals surface area contributed by atoms with Crippen LogP contribution >= 0.6 is 0 Å². The van der Waals surface area contributed by atoms with Crippen molar-refractivity contribution in [2.45, 2.75) is 38.9 Å². The van der Waals surface area contributed by atoms with Gasteiger partial charge in [0.25, 0.3) is 0 Å². The van der Waals surface area contributed by atoms with Crippen LogP contribution in [0.2, 0.25) is 0 Å². The highest BCUT2D eigenvalue weighted by molar-refractivity contribution is 6.61. The van der Waals surface area contributed by atoms with Crippen LogP contribution in [0.25, 0.3) is 11.0 Å². The summed E-state index contributed by atoms with van der Waals surface area (Å²) in [6, 6.07) is 6.09. The van der Waals surface area contributed by atoms with Gasteiger partial charge in [-0.3, -0.25) is 0 Å². The van der Waals surface area contributed by atoms with Gasteiger partial charge in [0, 0.05) is 18.6 Å². The molecule has 1 aliphatic heterocycles. The molecule has 2 aromatic heterocycles. The van der Waals surface area contributed by atoms with Crippen LogP contribution in [0.15, 0.2) is 24.4 Å². The van der Waals surface area contributed by atoms with Crippen LogP contribution in [0.3, 0.4) is 0 Å². The van der Waals surface area contributed by atoms with E-state index in [4.69, 9.17) is 9.31 Å². The summed E-state index contributed by atoms with van der Waals surface area (Å²) in [6.07, 6.45) is 2.01. The first kappa shape index (κ1) is 12.7. The minimum absolute atomic E-state index is 0.331. The Morgan fingerprint density at radius 1 is 1.05 bits per heavy atom. The molecule has 0 amide bonds. The Kier molecular flexibility index (Phi) is 2.56. The molecule has 0 N–H and O–H groups in total. The standard InChI is InChI=1S/C14H19BN2O2/c1-13(2)14(3,4)19-15(18-13)11-7-6-10-8-9-17(5)12(10)16-11/h6-9H,1-5H3. The van der Waals surface area contributed by atoms with Gasteiger partial charge in [-0.2, -0.15) is 0 Å². The number of rotatable bonds is 1. The number of pyridine rings is 1. The quantitative estimate of drug-likeness (QED) is 0.733. The topological polar surface area (TPSA) is 36.3 Å². The van der Waals surface area contributed by atoms with Gasteiger partial charge in [-0.05, 0) is 39.8 Å². The van der Waals surface area contributed by atoms with Crippen LogP contribution in [-0.4, -0.2) is 27.9 Å². The van der Waals surface area contributed by atoms with Gasteiger partial charge in [0.1, 0.15) is 5.65 Å². The lowest BCUT2D eigenvalue weighted by Gasteiger charge is -2.32. The van der Waals surface area contributed by atoms with E-state index in [-0.39, 0.29) is 11.2 Å². The van der Waals surface area contributed by atoms with Gasteiger partial charge in [-0.1, -0.05) is 6.07 Å². The lowest BCUT2D eigenvalue weighted by Crippen LogP contribution is -2.41. The molecule has 1 aliphatic rings. The lowest BCUT2D eigenvalue weighted by atomic mass is 9.84. The van der Waals surface area contributed by atoms with Crippen LogP contribution < -0.4 is 5.59 Å². The molecule has 4 nitrogen and oxygen atoms in total. The third-order valence-corrected chi connectivity index (χ3v) is 4.23. The Morgan fingerprint density at radius 3 is 2.32 bits per heavy atom. The Morgan fingerprint density at radius 2 is 1.68 bits per heavy atom. The van der Waals surface area contributed by atoms with Gasteiger partial charge in [0.2, 0.25) is 0 Å². The van der Waals surface area contributed by atoms with Crippen molar-refractivity contribution in [1.82, 2.24) is 9.55 Å². The highest BCUT2D eigenvalue weighted by Crippen LogP contribution is 2.36. The van der Waals surface area contributed by atoms with Gasteiger partial charge in [0.05, 0.1) is 16.8 Å². The maximum absolute atomic E-state index is 6.02. The molecule has 3 heterocycles. The smallest absolute Gasteiger partial charge is 0.398 e. The van der Waals surface area contributed by atoms with Gasteiger partial charge in [0.15, 0.2) is 0 Å². The molecular weight excluding hydrogens is 239 g/mol. The first-order valence-corrected chi connectivity index (χ1v) is 6.58. The zero-order chi connectivity index (χ0) is 13.8. The van der Waals surface area contributed by atoms with E-state index in [1.54, 1.807) is 0 Å². The first-order chi connectivity index (χ1) is 8.80. The van der Waals surface area contributed by atoms with Gasteiger partial charge >= 0.3 is 7.12 Å². The van der Waals surface area contributed by atoms with Crippen LogP contribution in [-0.2, 0) is 16.4 Å². The summed E-state index contributed by atoms with van der Waals surface area (Å²) in [5.74, 6) is 0. The summed E-state index contributed by atoms with van der Waals surface area (Å²) in [6.45, 7) is 8.20. The Bertz CT molecular complexity index is 617. The van der Waals surface area contributed by atoms with E-state index in [0.717, 1.165) is 16.6 Å². The van der Waals surface area contributed by atoms with Crippen molar-refractivity contribution < 1.29 is 9.31 Å². The Labute approximate surface area is 113 Å². The van der Waals surface area contributed by atoms with E-state index in [1.807, 2.05) is 51.6 Å². The molecule has 1 fully saturated rings. The van der Waals surface area contributed by atoms with Crippen LogP contribution in [0, 0.1) is 0 Å². The third-order valence-electron chi connectivity index (χ3n) is 4.23. The van der Waals surface area contributed by atoms with Crippen molar-refractivity contribution in [2.75, 3.05) is 0 Å². The minimum Gasteiger partial charge on any atom is -0.398 e. The third kappa shape index (κ3) is 1.88. The fraction of sp³-hybridized carbons (Fsp3) is 0.500. The fourth-order valence-electron chi connectivity index (χ4n) is 2.24. The molecule has 5 heteroatoms. The zero-order valence-electron chi connectivity index (χ0n) is 12.1. The molecule has 0 unspecified atom stereocenters. The normalized spacial score (nSPS) is 21.2. The molecule has 0 aromatic carbocycles. The van der Waals surface area contributed by atoms with Crippen molar-refractivity contribution in [3.05, 3.63) is 24.4 Å². The van der Waals surface area contributed by atoms with Crippen LogP contribution in [0.1, 0.15) is 27.7 Å². The molecule has 0 aliphatic carbocycles. The largest absolute Gasteiger partial charge is 0.514 e. The molecule has 0 saturated carbocycles. The van der Waals surface area contributed by atoms with Crippen molar-refractivity contribution in [1.29, 1.82) is 0 Å². The van der Waals surface area contributed by atoms with E-state index in [9.17, 15) is 0 Å². The van der Waals surface area contributed by atoms with E-state index in [0.29, 0.717) is 0 Å². The van der Waals surface area contributed by atoms with Gasteiger partial charge in [-0.25, -0.2) is 4.98 Å². The maximum Gasteiger partial charge on any atom is 0.514 e. The summed E-state index contributed by atoms with van der Waals surface area (Å²) in [7, 11) is 1.59. The van der Waals surface area contributed by atoms with Crippen LogP contribution in [0.5, 0.6) is 0 Å². The monoisotopic (exact) mass is 258 g/mol. The molecule has 0 atom stereocenters. The van der Waals surface area contributed by atoms with Crippen molar-refractivity contribution in [2.24, 2.45) is 7.05 Å². The van der Waals surface area contributed by atoms with E-state index in [2.05, 4.69) is 17.1 Å². The van der Waals surface area contributed by atoms with Crippen molar-refractivity contribution >= 4 is 23.7 Å². The number of fused-ring (bicyclic) bond motifs is 1. The second kappa shape index (κ2) is 3.84. The fourth-order valence-corrected chi connectivity index (χ4v) is 2.24. The number of nitrogens with zero attached hydrogens (tertiary/aromatic N) is 2. The van der Waals surface area contributed by atoms with Gasteiger partial charge < -0.3 is 13.9 Å². The molecule has 2 aromatic rings. The summed E-state index contributed by atoms with van der Waals surface area (Å²) >= 11 is 0. The number of aromatic nitrogens is 2. The maximum atomic E-state index is 6.02. The number of hydrogen-bond acceptors (Lipinski definition) is 3. The Hall–Kier alpha value is -1.33. The molecular formula is C14H19BN2O2. The molecule has 0 radical (unpaired) electrons. The summed E-state index contributed by atoms with van der Waals surface area (Å²) in [5.41, 5.74) is 1.12. The highest BCUT2D eigenvalue weighted by Gasteiger charge is 2.52. The van der Waals surface area contributed by atoms with Crippen molar-refractivity contribution in [3.8, 4) is 0 Å². The summed E-state index contributed by atoms with van der Waals surface area (Å²) in [5, 5.41) is 1.13. The second-order valence-electron chi connectivity index (χ2n) is 6.16. The molecule has 1 saturated heterocycles. The molecule has 100 valence electrons. The first-order valence-electron chi connectivity index (χ1n) is 6.58. The predicted molar refractivity (Wildman–Crippen MR) is 76.4 cm³/mol. The molecule has 19 heavy (non-hydrogen) atoms. The molecule has 0 bridgehead atoms. The Balaban J connectivity index is 2.00. The zero-order valence-corrected chi connectivity index (χ0v) is 12.1. The SMILES string of the molecule is Cn1ccc2ccc(B3OC(C)(C)C(C)(C)O3)nc21. The van der Waals surface area contributed by atoms with E-state index >= 15 is 0 Å². The highest BCUT2D eigenvalue weighted by atomic mass is 16.7. The summed E-state index contributed by atoms with van der Waals surface area (Å²) < 4.78 is 14.0. The van der Waals surface area contributed by atoms with Crippen molar-refractivity contribution in [3.63, 3.8) is 0 Å². The van der Waals surface area contributed by atoms with Crippen LogP contribution in [0.4, 0.5) is 0 Å². The average Bonchev–Trinajstić information content (AvgIpc) is 2.78.